The van der Waals surface area contributed by atoms with Crippen LogP contribution in [0.5, 0.6) is 0 Å². The Morgan fingerprint density at radius 1 is 0.933 bits per heavy atom. The van der Waals surface area contributed by atoms with Crippen LogP contribution in [0.3, 0.4) is 0 Å². The number of unbranched alkanes of at least 4 members (excludes halogenated alkanes) is 2. The molecule has 2 heteroatoms. The highest BCUT2D eigenvalue weighted by Gasteiger charge is 2.00. The quantitative estimate of drug-likeness (QED) is 0.332. The van der Waals surface area contributed by atoms with Crippen molar-refractivity contribution in [1.29, 1.82) is 0 Å². The molecule has 0 spiro atoms. The van der Waals surface area contributed by atoms with Crippen molar-refractivity contribution >= 4 is 8.15 Å². The van der Waals surface area contributed by atoms with Gasteiger partial charge in [-0.15, -0.1) is 0 Å². The highest BCUT2D eigenvalue weighted by atomic mass is 31.1. The molecule has 0 aromatic heterocycles. The number of allylic oxidation sites excluding steroid dienone is 2. The van der Waals surface area contributed by atoms with E-state index in [-0.39, 0.29) is 8.15 Å². The van der Waals surface area contributed by atoms with E-state index in [1.165, 1.54) is 31.6 Å². The molecule has 0 bridgehead atoms. The predicted octanol–water partition coefficient (Wildman–Crippen LogP) is 5.21. The van der Waals surface area contributed by atoms with Gasteiger partial charge in [0.2, 0.25) is 0 Å². The maximum atomic E-state index is 5.71. The lowest BCUT2D eigenvalue weighted by Gasteiger charge is -2.12. The van der Waals surface area contributed by atoms with Gasteiger partial charge in [0.05, 0.1) is 6.61 Å². The van der Waals surface area contributed by atoms with E-state index >= 15 is 0 Å². The average Bonchev–Trinajstić information content (AvgIpc) is 2.30. The fourth-order valence-electron chi connectivity index (χ4n) is 0.952. The molecule has 0 aliphatic rings. The smallest absolute Gasteiger partial charge is 0.0508 e. The van der Waals surface area contributed by atoms with Crippen molar-refractivity contribution in [3.8, 4) is 0 Å². The van der Waals surface area contributed by atoms with Gasteiger partial charge in [0.1, 0.15) is 0 Å². The third-order valence-electron chi connectivity index (χ3n) is 2.06. The first-order valence-corrected chi connectivity index (χ1v) is 7.84. The zero-order chi connectivity index (χ0) is 11.9. The van der Waals surface area contributed by atoms with Crippen LogP contribution in [0.2, 0.25) is 0 Å². The van der Waals surface area contributed by atoms with E-state index < -0.39 is 0 Å². The first-order valence-electron chi connectivity index (χ1n) is 6.21. The van der Waals surface area contributed by atoms with Crippen LogP contribution in [-0.2, 0) is 4.52 Å². The summed E-state index contributed by atoms with van der Waals surface area (Å²) >= 11 is 0. The highest BCUT2D eigenvalue weighted by Crippen LogP contribution is 2.35. The van der Waals surface area contributed by atoms with Gasteiger partial charge in [-0.1, -0.05) is 45.8 Å². The van der Waals surface area contributed by atoms with E-state index in [1.54, 1.807) is 0 Å². The third-order valence-corrected chi connectivity index (χ3v) is 4.02. The summed E-state index contributed by atoms with van der Waals surface area (Å²) in [5.41, 5.74) is 0. The number of rotatable bonds is 7. The number of hydrogen-bond acceptors (Lipinski definition) is 1. The molecule has 0 N–H and O–H groups in total. The molecule has 15 heavy (non-hydrogen) atoms. The summed E-state index contributed by atoms with van der Waals surface area (Å²) in [5.74, 6) is 0. The first kappa shape index (κ1) is 17.5. The Morgan fingerprint density at radius 3 is 1.80 bits per heavy atom. The Kier molecular flexibility index (Phi) is 19.3. The molecule has 0 unspecified atom stereocenters. The molecule has 0 fully saturated rings. The fourth-order valence-corrected chi connectivity index (χ4v) is 2.15. The van der Waals surface area contributed by atoms with E-state index in [0.29, 0.717) is 0 Å². The van der Waals surface area contributed by atoms with Crippen molar-refractivity contribution in [2.45, 2.75) is 53.9 Å². The van der Waals surface area contributed by atoms with Crippen LogP contribution in [0.25, 0.3) is 0 Å². The normalized spacial score (nSPS) is 10.5. The van der Waals surface area contributed by atoms with Crippen molar-refractivity contribution in [3.05, 3.63) is 12.2 Å². The Morgan fingerprint density at radius 2 is 1.47 bits per heavy atom. The standard InChI is InChI=1S/C9H21OP.C4H8/c1-4-7-8-9-10-11(5-2)6-3;1-3-4-2/h4-9H2,1-3H3;3-4H,1-2H3. The van der Waals surface area contributed by atoms with Crippen molar-refractivity contribution < 1.29 is 4.52 Å². The largest absolute Gasteiger partial charge is 0.359 e. The van der Waals surface area contributed by atoms with Crippen LogP contribution in [0.1, 0.15) is 53.9 Å². The third kappa shape index (κ3) is 16.8. The van der Waals surface area contributed by atoms with Gasteiger partial charge in [0, 0.05) is 8.15 Å². The maximum absolute atomic E-state index is 5.71. The highest BCUT2D eigenvalue weighted by molar-refractivity contribution is 7.52. The molecule has 0 amide bonds. The first-order chi connectivity index (χ1) is 7.26. The minimum Gasteiger partial charge on any atom is -0.359 e. The summed E-state index contributed by atoms with van der Waals surface area (Å²) in [5, 5.41) is 0. The van der Waals surface area contributed by atoms with Crippen molar-refractivity contribution in [1.82, 2.24) is 0 Å². The minimum absolute atomic E-state index is 0.0728. The van der Waals surface area contributed by atoms with Crippen LogP contribution in [-0.4, -0.2) is 18.9 Å². The summed E-state index contributed by atoms with van der Waals surface area (Å²) in [6, 6.07) is 0. The topological polar surface area (TPSA) is 9.23 Å². The van der Waals surface area contributed by atoms with Crippen LogP contribution >= 0.6 is 8.15 Å². The van der Waals surface area contributed by atoms with E-state index in [0.717, 1.165) is 6.61 Å². The summed E-state index contributed by atoms with van der Waals surface area (Å²) in [7, 11) is -0.0728. The number of hydrogen-bond donors (Lipinski definition) is 0. The molecule has 0 rings (SSSR count). The van der Waals surface area contributed by atoms with E-state index in [9.17, 15) is 0 Å². The van der Waals surface area contributed by atoms with Gasteiger partial charge in [-0.05, 0) is 32.6 Å². The van der Waals surface area contributed by atoms with Gasteiger partial charge >= 0.3 is 0 Å². The molecule has 0 heterocycles. The average molecular weight is 232 g/mol. The van der Waals surface area contributed by atoms with E-state index in [2.05, 4.69) is 20.8 Å². The van der Waals surface area contributed by atoms with Gasteiger partial charge in [0.15, 0.2) is 0 Å². The second-order valence-corrected chi connectivity index (χ2v) is 5.81. The molecule has 0 aliphatic heterocycles. The Labute approximate surface area is 98.1 Å². The molecular weight excluding hydrogens is 203 g/mol. The van der Waals surface area contributed by atoms with Crippen LogP contribution in [0, 0.1) is 0 Å². The van der Waals surface area contributed by atoms with Crippen molar-refractivity contribution in [2.75, 3.05) is 18.9 Å². The lowest BCUT2D eigenvalue weighted by atomic mass is 10.3. The zero-order valence-corrected chi connectivity index (χ0v) is 12.1. The molecule has 0 aliphatic carbocycles. The fraction of sp³-hybridized carbons (Fsp3) is 0.846. The minimum atomic E-state index is -0.0728. The van der Waals surface area contributed by atoms with Crippen LogP contribution < -0.4 is 0 Å². The molecule has 0 saturated carbocycles. The van der Waals surface area contributed by atoms with Crippen LogP contribution in [0.4, 0.5) is 0 Å². The SMILES string of the molecule is CC=CC.CCCCCOP(CC)CC. The molecule has 0 aromatic carbocycles. The lowest BCUT2D eigenvalue weighted by Crippen LogP contribution is -1.92. The molecule has 0 atom stereocenters. The van der Waals surface area contributed by atoms with Crippen molar-refractivity contribution in [2.24, 2.45) is 0 Å². The van der Waals surface area contributed by atoms with Crippen molar-refractivity contribution in [3.63, 3.8) is 0 Å². The van der Waals surface area contributed by atoms with Gasteiger partial charge in [-0.2, -0.15) is 0 Å². The Balaban J connectivity index is 0. The second kappa shape index (κ2) is 16.6. The summed E-state index contributed by atoms with van der Waals surface area (Å²) in [4.78, 5) is 0. The zero-order valence-electron chi connectivity index (χ0n) is 11.3. The molecule has 92 valence electrons. The Hall–Kier alpha value is 0.130. The summed E-state index contributed by atoms with van der Waals surface area (Å²) < 4.78 is 5.71. The molecule has 1 nitrogen and oxygen atoms in total. The van der Waals surface area contributed by atoms with Crippen LogP contribution in [0.15, 0.2) is 12.2 Å². The molecular formula is C13H29OP. The van der Waals surface area contributed by atoms with E-state index in [1.807, 2.05) is 26.0 Å². The second-order valence-electron chi connectivity index (χ2n) is 3.32. The van der Waals surface area contributed by atoms with Gasteiger partial charge in [0.25, 0.3) is 0 Å². The van der Waals surface area contributed by atoms with E-state index in [4.69, 9.17) is 4.52 Å². The Bertz CT molecular complexity index is 116. The summed E-state index contributed by atoms with van der Waals surface area (Å²) in [6.45, 7) is 11.6. The predicted molar refractivity (Wildman–Crippen MR) is 74.0 cm³/mol. The van der Waals surface area contributed by atoms with Gasteiger partial charge in [-0.25, -0.2) is 0 Å². The molecule has 0 radical (unpaired) electrons. The molecule has 0 aromatic rings. The maximum Gasteiger partial charge on any atom is 0.0508 e. The monoisotopic (exact) mass is 232 g/mol. The molecule has 0 saturated heterocycles. The van der Waals surface area contributed by atoms with Gasteiger partial charge in [-0.3, -0.25) is 0 Å². The summed E-state index contributed by atoms with van der Waals surface area (Å²) in [6.07, 6.45) is 10.3. The van der Waals surface area contributed by atoms with Gasteiger partial charge < -0.3 is 4.52 Å². The lowest BCUT2D eigenvalue weighted by molar-refractivity contribution is 0.338.